The molecule has 1 N–H and O–H groups in total. The molecule has 0 aliphatic heterocycles. The van der Waals surface area contributed by atoms with Gasteiger partial charge in [-0.3, -0.25) is 10.1 Å². The second-order valence-electron chi connectivity index (χ2n) is 7.16. The van der Waals surface area contributed by atoms with Gasteiger partial charge in [-0.15, -0.1) is 0 Å². The van der Waals surface area contributed by atoms with Gasteiger partial charge in [0.2, 0.25) is 5.89 Å². The summed E-state index contributed by atoms with van der Waals surface area (Å²) in [5.41, 5.74) is 1.68. The summed E-state index contributed by atoms with van der Waals surface area (Å²) in [5.74, 6) is 0.140. The van der Waals surface area contributed by atoms with Gasteiger partial charge in [-0.1, -0.05) is 31.2 Å². The topological polar surface area (TPSA) is 81.2 Å². The van der Waals surface area contributed by atoms with E-state index in [-0.39, 0.29) is 11.6 Å². The first-order chi connectivity index (χ1) is 15.3. The fraction of sp³-hybridized carbons (Fsp3) is 0.174. The van der Waals surface area contributed by atoms with E-state index in [0.29, 0.717) is 40.0 Å². The molecule has 4 rings (SSSR count). The van der Waals surface area contributed by atoms with Crippen molar-refractivity contribution in [1.82, 2.24) is 4.98 Å². The predicted octanol–water partition coefficient (Wildman–Crippen LogP) is 6.91. The Morgan fingerprint density at radius 3 is 2.56 bits per heavy atom. The lowest BCUT2D eigenvalue weighted by Crippen LogP contribution is -2.04. The minimum absolute atomic E-state index is 0.123. The summed E-state index contributed by atoms with van der Waals surface area (Å²) in [5, 5.41) is 14.5. The minimum atomic E-state index is -4.47. The molecule has 0 bridgehead atoms. The zero-order valence-corrected chi connectivity index (χ0v) is 16.9. The van der Waals surface area contributed by atoms with E-state index in [2.05, 4.69) is 10.3 Å². The lowest BCUT2D eigenvalue weighted by Gasteiger charge is -2.09. The molecule has 164 valence electrons. The van der Waals surface area contributed by atoms with E-state index in [1.54, 1.807) is 30.3 Å². The van der Waals surface area contributed by atoms with Crippen LogP contribution in [0.25, 0.3) is 33.7 Å². The maximum atomic E-state index is 13.2. The van der Waals surface area contributed by atoms with Crippen LogP contribution in [0.5, 0.6) is 0 Å². The molecule has 3 aromatic carbocycles. The highest BCUT2D eigenvalue weighted by Crippen LogP contribution is 2.38. The molecule has 0 unspecified atom stereocenters. The highest BCUT2D eigenvalue weighted by atomic mass is 19.4. The average Bonchev–Trinajstić information content (AvgIpc) is 3.21. The van der Waals surface area contributed by atoms with Gasteiger partial charge in [-0.25, -0.2) is 4.98 Å². The molecule has 0 saturated heterocycles. The lowest BCUT2D eigenvalue weighted by atomic mass is 10.0. The van der Waals surface area contributed by atoms with Gasteiger partial charge >= 0.3 is 6.18 Å². The van der Waals surface area contributed by atoms with Gasteiger partial charge in [0, 0.05) is 29.9 Å². The highest BCUT2D eigenvalue weighted by Gasteiger charge is 2.30. The molecule has 0 saturated carbocycles. The van der Waals surface area contributed by atoms with Gasteiger partial charge < -0.3 is 9.73 Å². The Labute approximate surface area is 180 Å². The number of anilines is 1. The van der Waals surface area contributed by atoms with Crippen LogP contribution in [0.3, 0.4) is 0 Å². The van der Waals surface area contributed by atoms with E-state index in [9.17, 15) is 23.3 Å². The maximum Gasteiger partial charge on any atom is 0.416 e. The molecule has 6 nitrogen and oxygen atoms in total. The molecule has 9 heteroatoms. The fourth-order valence-corrected chi connectivity index (χ4v) is 3.40. The molecule has 4 aromatic rings. The van der Waals surface area contributed by atoms with Crippen LogP contribution in [0.4, 0.5) is 24.5 Å². The highest BCUT2D eigenvalue weighted by molar-refractivity contribution is 5.93. The van der Waals surface area contributed by atoms with Crippen LogP contribution >= 0.6 is 0 Å². The number of hydrogen-bond acceptors (Lipinski definition) is 5. The third-order valence-electron chi connectivity index (χ3n) is 4.93. The number of nitrogens with zero attached hydrogens (tertiary/aromatic N) is 2. The van der Waals surface area contributed by atoms with Crippen LogP contribution in [0.2, 0.25) is 0 Å². The van der Waals surface area contributed by atoms with Crippen molar-refractivity contribution < 1.29 is 22.5 Å². The van der Waals surface area contributed by atoms with Crippen molar-refractivity contribution in [2.75, 3.05) is 11.9 Å². The summed E-state index contributed by atoms with van der Waals surface area (Å²) < 4.78 is 45.4. The van der Waals surface area contributed by atoms with Crippen molar-refractivity contribution in [2.24, 2.45) is 0 Å². The molecular weight excluding hydrogens is 423 g/mol. The molecule has 0 spiro atoms. The Morgan fingerprint density at radius 1 is 1.06 bits per heavy atom. The zero-order chi connectivity index (χ0) is 22.9. The lowest BCUT2D eigenvalue weighted by molar-refractivity contribution is -0.384. The van der Waals surface area contributed by atoms with Gasteiger partial charge in [0.05, 0.1) is 16.1 Å². The molecule has 0 aliphatic rings. The van der Waals surface area contributed by atoms with E-state index in [1.165, 1.54) is 18.2 Å². The third-order valence-corrected chi connectivity index (χ3v) is 4.93. The third kappa shape index (κ3) is 4.14. The van der Waals surface area contributed by atoms with E-state index in [4.69, 9.17) is 4.42 Å². The number of fused-ring (bicyclic) bond motifs is 1. The molecule has 1 aromatic heterocycles. The molecule has 0 radical (unpaired) electrons. The number of alkyl halides is 3. The summed E-state index contributed by atoms with van der Waals surface area (Å²) in [6, 6.07) is 14.3. The smallest absolute Gasteiger partial charge is 0.416 e. The summed E-state index contributed by atoms with van der Waals surface area (Å²) in [6.07, 6.45) is -3.63. The molecular formula is C23H18F3N3O3. The van der Waals surface area contributed by atoms with Crippen molar-refractivity contribution in [2.45, 2.75) is 19.5 Å². The van der Waals surface area contributed by atoms with Crippen LogP contribution in [0, 0.1) is 10.1 Å². The van der Waals surface area contributed by atoms with Crippen LogP contribution in [-0.2, 0) is 6.18 Å². The van der Waals surface area contributed by atoms with E-state index in [1.807, 2.05) is 6.92 Å². The standard InChI is InChI=1S/C23H18F3N3O3/c1-2-11-27-19-10-9-16(29(30)31)13-18(19)22-28-21-17(7-4-8-20(21)32-22)14-5-3-6-15(12-14)23(24,25)26/h3-10,12-13,27H,2,11H2,1H3. The number of nitrogens with one attached hydrogen (secondary N) is 1. The van der Waals surface area contributed by atoms with Gasteiger partial charge in [-0.05, 0) is 36.2 Å². The first-order valence-corrected chi connectivity index (χ1v) is 9.88. The molecule has 0 amide bonds. The first-order valence-electron chi connectivity index (χ1n) is 9.88. The maximum absolute atomic E-state index is 13.2. The molecule has 0 fully saturated rings. The Balaban J connectivity index is 1.86. The molecule has 1 heterocycles. The summed E-state index contributed by atoms with van der Waals surface area (Å²) in [4.78, 5) is 15.3. The number of para-hydroxylation sites is 1. The van der Waals surface area contributed by atoms with Crippen LogP contribution in [-0.4, -0.2) is 16.5 Å². The number of nitro groups is 1. The van der Waals surface area contributed by atoms with Crippen LogP contribution < -0.4 is 5.32 Å². The number of aromatic nitrogens is 1. The average molecular weight is 441 g/mol. The Kier molecular flexibility index (Phi) is 5.56. The van der Waals surface area contributed by atoms with Crippen LogP contribution in [0.1, 0.15) is 18.9 Å². The molecule has 32 heavy (non-hydrogen) atoms. The van der Waals surface area contributed by atoms with Crippen LogP contribution in [0.15, 0.2) is 65.1 Å². The first kappa shape index (κ1) is 21.4. The van der Waals surface area contributed by atoms with E-state index < -0.39 is 16.7 Å². The Hall–Kier alpha value is -3.88. The fourth-order valence-electron chi connectivity index (χ4n) is 3.40. The minimum Gasteiger partial charge on any atom is -0.436 e. The summed E-state index contributed by atoms with van der Waals surface area (Å²) >= 11 is 0. The number of benzene rings is 3. The number of hydrogen-bond donors (Lipinski definition) is 1. The Bertz CT molecular complexity index is 1300. The zero-order valence-electron chi connectivity index (χ0n) is 16.9. The normalized spacial score (nSPS) is 11.6. The van der Waals surface area contributed by atoms with Crippen molar-refractivity contribution in [3.05, 3.63) is 76.3 Å². The quantitative estimate of drug-likeness (QED) is 0.260. The number of nitro benzene ring substituents is 1. The Morgan fingerprint density at radius 2 is 1.84 bits per heavy atom. The van der Waals surface area contributed by atoms with Gasteiger partial charge in [0.1, 0.15) is 5.52 Å². The summed E-state index contributed by atoms with van der Waals surface area (Å²) in [6.45, 7) is 2.62. The van der Waals surface area contributed by atoms with Crippen molar-refractivity contribution in [3.8, 4) is 22.6 Å². The van der Waals surface area contributed by atoms with Gasteiger partial charge in [-0.2, -0.15) is 13.2 Å². The number of halogens is 3. The van der Waals surface area contributed by atoms with Gasteiger partial charge in [0.15, 0.2) is 5.58 Å². The molecule has 0 aliphatic carbocycles. The second-order valence-corrected chi connectivity index (χ2v) is 7.16. The number of oxazole rings is 1. The van der Waals surface area contributed by atoms with Crippen molar-refractivity contribution >= 4 is 22.5 Å². The van der Waals surface area contributed by atoms with Crippen molar-refractivity contribution in [3.63, 3.8) is 0 Å². The second kappa shape index (κ2) is 8.33. The predicted molar refractivity (Wildman–Crippen MR) is 115 cm³/mol. The monoisotopic (exact) mass is 441 g/mol. The SMILES string of the molecule is CCCNc1ccc([N+](=O)[O-])cc1-c1nc2c(-c3cccc(C(F)(F)F)c3)cccc2o1. The number of non-ortho nitro benzene ring substituents is 1. The van der Waals surface area contributed by atoms with Crippen molar-refractivity contribution in [1.29, 1.82) is 0 Å². The molecule has 0 atom stereocenters. The van der Waals surface area contributed by atoms with E-state index >= 15 is 0 Å². The van der Waals surface area contributed by atoms with Gasteiger partial charge in [0.25, 0.3) is 5.69 Å². The number of rotatable bonds is 6. The largest absolute Gasteiger partial charge is 0.436 e. The van der Waals surface area contributed by atoms with E-state index in [0.717, 1.165) is 18.6 Å². The summed E-state index contributed by atoms with van der Waals surface area (Å²) in [7, 11) is 0.